The average molecular weight is 333 g/mol. The Bertz CT molecular complexity index is 620. The van der Waals surface area contributed by atoms with E-state index in [1.165, 1.54) is 5.48 Å². The maximum absolute atomic E-state index is 13.2. The van der Waals surface area contributed by atoms with E-state index < -0.39 is 29.8 Å². The van der Waals surface area contributed by atoms with Crippen molar-refractivity contribution in [1.29, 1.82) is 0 Å². The van der Waals surface area contributed by atoms with Gasteiger partial charge in [-0.15, -0.1) is 0 Å². The van der Waals surface area contributed by atoms with Gasteiger partial charge in [-0.05, 0) is 19.0 Å². The molecule has 1 unspecified atom stereocenters. The first-order valence-electron chi connectivity index (χ1n) is 8.01. The number of benzene rings is 1. The first-order chi connectivity index (χ1) is 11.5. The number of hydrogen-bond acceptors (Lipinski definition) is 5. The molecule has 1 aliphatic rings. The van der Waals surface area contributed by atoms with E-state index in [-0.39, 0.29) is 6.54 Å². The Labute approximate surface area is 141 Å². The van der Waals surface area contributed by atoms with Crippen molar-refractivity contribution in [2.24, 2.45) is 0 Å². The fourth-order valence-electron chi connectivity index (χ4n) is 3.19. The lowest BCUT2D eigenvalue weighted by Crippen LogP contribution is -2.65. The summed E-state index contributed by atoms with van der Waals surface area (Å²) in [4.78, 5) is 39.7. The van der Waals surface area contributed by atoms with Gasteiger partial charge in [-0.2, -0.15) is 0 Å². The molecule has 7 nitrogen and oxygen atoms in total. The number of nitrogens with zero attached hydrogens (tertiary/aromatic N) is 2. The van der Waals surface area contributed by atoms with E-state index in [9.17, 15) is 14.4 Å². The summed E-state index contributed by atoms with van der Waals surface area (Å²) in [6, 6.07) is 9.30. The molecule has 24 heavy (non-hydrogen) atoms. The number of rotatable bonds is 6. The van der Waals surface area contributed by atoms with Crippen molar-refractivity contribution < 1.29 is 19.6 Å². The van der Waals surface area contributed by atoms with Crippen LogP contribution in [0.3, 0.4) is 0 Å². The molecule has 7 heteroatoms. The van der Waals surface area contributed by atoms with E-state index in [0.717, 1.165) is 23.3 Å². The van der Waals surface area contributed by atoms with Crippen LogP contribution in [0.25, 0.3) is 0 Å². The second kappa shape index (κ2) is 7.55. The Kier molecular flexibility index (Phi) is 5.69. The monoisotopic (exact) mass is 333 g/mol. The average Bonchev–Trinajstić information content (AvgIpc) is 2.59. The highest BCUT2D eigenvalue weighted by atomic mass is 16.5. The van der Waals surface area contributed by atoms with Gasteiger partial charge in [-0.25, -0.2) is 5.48 Å². The molecule has 3 amide bonds. The van der Waals surface area contributed by atoms with Crippen LogP contribution in [0.15, 0.2) is 30.3 Å². The van der Waals surface area contributed by atoms with Crippen molar-refractivity contribution in [3.8, 4) is 0 Å². The van der Waals surface area contributed by atoms with Gasteiger partial charge in [0, 0.05) is 0 Å². The smallest absolute Gasteiger partial charge is 0.263 e. The molecule has 1 aliphatic heterocycles. The van der Waals surface area contributed by atoms with Crippen LogP contribution in [0.4, 0.5) is 0 Å². The minimum absolute atomic E-state index is 0.0308. The van der Waals surface area contributed by atoms with Crippen LogP contribution < -0.4 is 5.48 Å². The van der Waals surface area contributed by atoms with Crippen molar-refractivity contribution in [2.45, 2.75) is 31.7 Å². The molecule has 0 saturated carbocycles. The summed E-state index contributed by atoms with van der Waals surface area (Å²) in [7, 11) is 1.75. The quantitative estimate of drug-likeness (QED) is 0.458. The van der Waals surface area contributed by atoms with Crippen LogP contribution in [-0.4, -0.2) is 52.9 Å². The number of amides is 3. The third kappa shape index (κ3) is 3.18. The van der Waals surface area contributed by atoms with Gasteiger partial charge in [0.05, 0.1) is 6.54 Å². The third-order valence-electron chi connectivity index (χ3n) is 4.49. The molecule has 0 aromatic heterocycles. The molecular weight excluding hydrogens is 310 g/mol. The zero-order valence-electron chi connectivity index (χ0n) is 14.0. The summed E-state index contributed by atoms with van der Waals surface area (Å²) in [5.41, 5.74) is 1.29. The van der Waals surface area contributed by atoms with E-state index in [1.54, 1.807) is 11.9 Å². The van der Waals surface area contributed by atoms with E-state index in [1.807, 2.05) is 37.3 Å². The molecule has 1 aromatic rings. The molecular formula is C17H23N3O4. The Morgan fingerprint density at radius 3 is 2.54 bits per heavy atom. The maximum atomic E-state index is 13.2. The van der Waals surface area contributed by atoms with Crippen molar-refractivity contribution in [3.63, 3.8) is 0 Å². The third-order valence-corrected chi connectivity index (χ3v) is 4.49. The topological polar surface area (TPSA) is 90.0 Å². The largest absolute Gasteiger partial charge is 0.289 e. The molecule has 1 saturated heterocycles. The van der Waals surface area contributed by atoms with Crippen molar-refractivity contribution >= 4 is 17.7 Å². The predicted octanol–water partition coefficient (Wildman–Crippen LogP) is 0.878. The number of hydrogen-bond donors (Lipinski definition) is 2. The molecule has 1 aromatic carbocycles. The van der Waals surface area contributed by atoms with Crippen molar-refractivity contribution in [3.05, 3.63) is 35.9 Å². The molecule has 0 bridgehead atoms. The molecule has 130 valence electrons. The minimum atomic E-state index is -0.985. The number of hydroxylamine groups is 1. The molecule has 0 radical (unpaired) electrons. The normalized spacial score (nSPS) is 21.9. The second-order valence-corrected chi connectivity index (χ2v) is 6.01. The number of carbonyl (C=O) groups excluding carboxylic acids is 3. The van der Waals surface area contributed by atoms with Crippen LogP contribution in [-0.2, 0) is 19.9 Å². The van der Waals surface area contributed by atoms with Gasteiger partial charge in [0.25, 0.3) is 11.8 Å². The highest BCUT2D eigenvalue weighted by molar-refractivity contribution is 6.06. The highest BCUT2D eigenvalue weighted by Gasteiger charge is 2.51. The summed E-state index contributed by atoms with van der Waals surface area (Å²) >= 11 is 0. The molecule has 1 heterocycles. The van der Waals surface area contributed by atoms with Crippen molar-refractivity contribution in [1.82, 2.24) is 15.3 Å². The summed E-state index contributed by atoms with van der Waals surface area (Å²) < 4.78 is 0. The number of nitrogens with one attached hydrogen (secondary N) is 1. The fourth-order valence-corrected chi connectivity index (χ4v) is 3.19. The Balaban J connectivity index is 2.48. The molecule has 1 atom stereocenters. The first kappa shape index (κ1) is 18.1. The summed E-state index contributed by atoms with van der Waals surface area (Å²) in [6.07, 6.45) is 2.26. The molecule has 0 spiro atoms. The lowest BCUT2D eigenvalue weighted by Gasteiger charge is -2.47. The number of piperazine rings is 1. The molecule has 2 N–H and O–H groups in total. The summed E-state index contributed by atoms with van der Waals surface area (Å²) in [6.45, 7) is 1.58. The van der Waals surface area contributed by atoms with Crippen LogP contribution >= 0.6 is 0 Å². The van der Waals surface area contributed by atoms with Crippen LogP contribution in [0.1, 0.15) is 31.7 Å². The van der Waals surface area contributed by atoms with Crippen LogP contribution in [0.2, 0.25) is 0 Å². The zero-order valence-corrected chi connectivity index (χ0v) is 14.0. The summed E-state index contributed by atoms with van der Waals surface area (Å²) in [5.74, 6) is -1.67. The number of carbonyl (C=O) groups is 3. The SMILES string of the molecule is CCCCC1(c2ccccc2)C(=O)N(CC(=O)NO)C(=O)CN1C. The van der Waals surface area contributed by atoms with Gasteiger partial charge in [0.15, 0.2) is 0 Å². The number of imide groups is 1. The fraction of sp³-hybridized carbons (Fsp3) is 0.471. The maximum Gasteiger partial charge on any atom is 0.263 e. The van der Waals surface area contributed by atoms with Gasteiger partial charge < -0.3 is 0 Å². The van der Waals surface area contributed by atoms with E-state index in [0.29, 0.717) is 6.42 Å². The van der Waals surface area contributed by atoms with Gasteiger partial charge in [-0.1, -0.05) is 50.1 Å². The lowest BCUT2D eigenvalue weighted by molar-refractivity contribution is -0.166. The van der Waals surface area contributed by atoms with Crippen LogP contribution in [0, 0.1) is 0 Å². The van der Waals surface area contributed by atoms with Gasteiger partial charge >= 0.3 is 0 Å². The zero-order chi connectivity index (χ0) is 17.7. The second-order valence-electron chi connectivity index (χ2n) is 6.01. The lowest BCUT2D eigenvalue weighted by atomic mass is 9.80. The van der Waals surface area contributed by atoms with E-state index in [4.69, 9.17) is 5.21 Å². The highest BCUT2D eigenvalue weighted by Crippen LogP contribution is 2.37. The Morgan fingerprint density at radius 1 is 1.29 bits per heavy atom. The predicted molar refractivity (Wildman–Crippen MR) is 86.9 cm³/mol. The van der Waals surface area contributed by atoms with E-state index in [2.05, 4.69) is 0 Å². The first-order valence-corrected chi connectivity index (χ1v) is 8.01. The number of likely N-dealkylation sites (N-methyl/N-ethyl adjacent to an activating group) is 1. The molecule has 0 aliphatic carbocycles. The Hall–Kier alpha value is -2.25. The number of unbranched alkanes of at least 4 members (excludes halogenated alkanes) is 1. The minimum Gasteiger partial charge on any atom is -0.289 e. The molecule has 1 fully saturated rings. The Morgan fingerprint density at radius 2 is 1.96 bits per heavy atom. The molecule has 2 rings (SSSR count). The van der Waals surface area contributed by atoms with Gasteiger partial charge in [0.2, 0.25) is 5.91 Å². The van der Waals surface area contributed by atoms with Gasteiger partial charge in [-0.3, -0.25) is 29.4 Å². The van der Waals surface area contributed by atoms with E-state index >= 15 is 0 Å². The summed E-state index contributed by atoms with van der Waals surface area (Å²) in [5, 5.41) is 8.72. The van der Waals surface area contributed by atoms with Crippen molar-refractivity contribution in [2.75, 3.05) is 20.1 Å². The van der Waals surface area contributed by atoms with Gasteiger partial charge in [0.1, 0.15) is 12.1 Å². The standard InChI is InChI=1S/C17H23N3O4/c1-3-4-10-17(13-8-6-5-7-9-13)16(23)20(11-14(21)18-24)15(22)12-19(17)2/h5-9,24H,3-4,10-12H2,1-2H3,(H,18,21). The van der Waals surface area contributed by atoms with Crippen LogP contribution in [0.5, 0.6) is 0 Å².